The van der Waals surface area contributed by atoms with Crippen LogP contribution in [0, 0.1) is 5.82 Å². The smallest absolute Gasteiger partial charge is 0.257 e. The number of aromatic nitrogens is 2. The molecule has 0 bridgehead atoms. The fraction of sp³-hybridized carbons (Fsp3) is 0.333. The Kier molecular flexibility index (Phi) is 3.49. The van der Waals surface area contributed by atoms with Gasteiger partial charge in [0, 0.05) is 18.0 Å². The number of benzene rings is 1. The van der Waals surface area contributed by atoms with Gasteiger partial charge >= 0.3 is 0 Å². The second-order valence-corrected chi connectivity index (χ2v) is 3.90. The zero-order valence-corrected chi connectivity index (χ0v) is 9.56. The second kappa shape index (κ2) is 5.05. The van der Waals surface area contributed by atoms with Gasteiger partial charge in [0.25, 0.3) is 5.89 Å². The number of nitrogens with two attached hydrogens (primary N) is 1. The SMILES string of the molecule is CC[C@H](N)Cc1noc(-c2ccc(F)cc2)n1. The van der Waals surface area contributed by atoms with Crippen molar-refractivity contribution in [2.75, 3.05) is 0 Å². The Hall–Kier alpha value is -1.75. The Bertz CT molecular complexity index is 481. The molecule has 17 heavy (non-hydrogen) atoms. The van der Waals surface area contributed by atoms with Crippen LogP contribution in [0.25, 0.3) is 11.5 Å². The number of halogens is 1. The highest BCUT2D eigenvalue weighted by molar-refractivity contribution is 5.52. The van der Waals surface area contributed by atoms with Crippen LogP contribution in [0.5, 0.6) is 0 Å². The van der Waals surface area contributed by atoms with Crippen LogP contribution < -0.4 is 5.73 Å². The Morgan fingerprint density at radius 3 is 2.71 bits per heavy atom. The molecule has 1 aromatic carbocycles. The van der Waals surface area contributed by atoms with Gasteiger partial charge in [-0.2, -0.15) is 4.98 Å². The molecule has 1 heterocycles. The van der Waals surface area contributed by atoms with Crippen molar-refractivity contribution >= 4 is 0 Å². The predicted octanol–water partition coefficient (Wildman–Crippen LogP) is 2.16. The largest absolute Gasteiger partial charge is 0.334 e. The normalized spacial score (nSPS) is 12.6. The van der Waals surface area contributed by atoms with Crippen LogP contribution in [0.1, 0.15) is 19.2 Å². The Morgan fingerprint density at radius 1 is 1.35 bits per heavy atom. The number of hydrogen-bond donors (Lipinski definition) is 1. The molecule has 90 valence electrons. The molecule has 0 saturated heterocycles. The molecule has 2 aromatic rings. The van der Waals surface area contributed by atoms with E-state index in [4.69, 9.17) is 10.3 Å². The zero-order valence-electron chi connectivity index (χ0n) is 9.56. The van der Waals surface area contributed by atoms with Crippen molar-refractivity contribution in [2.45, 2.75) is 25.8 Å². The molecule has 0 aliphatic heterocycles. The zero-order chi connectivity index (χ0) is 12.3. The van der Waals surface area contributed by atoms with Gasteiger partial charge in [-0.25, -0.2) is 4.39 Å². The summed E-state index contributed by atoms with van der Waals surface area (Å²) >= 11 is 0. The summed E-state index contributed by atoms with van der Waals surface area (Å²) in [5.74, 6) is 0.684. The minimum Gasteiger partial charge on any atom is -0.334 e. The number of rotatable bonds is 4. The Labute approximate surface area is 98.6 Å². The fourth-order valence-corrected chi connectivity index (χ4v) is 1.43. The van der Waals surface area contributed by atoms with Gasteiger partial charge < -0.3 is 10.3 Å². The first-order chi connectivity index (χ1) is 8.19. The van der Waals surface area contributed by atoms with Gasteiger partial charge in [-0.05, 0) is 30.7 Å². The molecule has 0 aliphatic rings. The number of hydrogen-bond acceptors (Lipinski definition) is 4. The fourth-order valence-electron chi connectivity index (χ4n) is 1.43. The van der Waals surface area contributed by atoms with E-state index in [-0.39, 0.29) is 11.9 Å². The quantitative estimate of drug-likeness (QED) is 0.881. The van der Waals surface area contributed by atoms with Crippen molar-refractivity contribution in [3.05, 3.63) is 35.9 Å². The van der Waals surface area contributed by atoms with Crippen LogP contribution in [0.3, 0.4) is 0 Å². The van der Waals surface area contributed by atoms with Gasteiger partial charge in [-0.15, -0.1) is 0 Å². The lowest BCUT2D eigenvalue weighted by Crippen LogP contribution is -2.21. The third-order valence-corrected chi connectivity index (χ3v) is 2.53. The number of nitrogens with zero attached hydrogens (tertiary/aromatic N) is 2. The molecular formula is C12H14FN3O. The first-order valence-corrected chi connectivity index (χ1v) is 5.53. The van der Waals surface area contributed by atoms with E-state index in [0.29, 0.717) is 23.7 Å². The summed E-state index contributed by atoms with van der Waals surface area (Å²) in [6, 6.07) is 5.96. The van der Waals surface area contributed by atoms with E-state index in [2.05, 4.69) is 10.1 Å². The van der Waals surface area contributed by atoms with Crippen LogP contribution in [0.4, 0.5) is 4.39 Å². The third-order valence-electron chi connectivity index (χ3n) is 2.53. The van der Waals surface area contributed by atoms with Crippen molar-refractivity contribution in [3.8, 4) is 11.5 Å². The Morgan fingerprint density at radius 2 is 2.06 bits per heavy atom. The second-order valence-electron chi connectivity index (χ2n) is 3.90. The minimum atomic E-state index is -0.290. The van der Waals surface area contributed by atoms with Gasteiger partial charge in [0.2, 0.25) is 0 Å². The van der Waals surface area contributed by atoms with Crippen molar-refractivity contribution in [2.24, 2.45) is 5.73 Å². The maximum atomic E-state index is 12.7. The van der Waals surface area contributed by atoms with Crippen LogP contribution in [-0.2, 0) is 6.42 Å². The van der Waals surface area contributed by atoms with Crippen LogP contribution in [0.15, 0.2) is 28.8 Å². The van der Waals surface area contributed by atoms with Gasteiger partial charge in [0.15, 0.2) is 5.82 Å². The lowest BCUT2D eigenvalue weighted by atomic mass is 10.1. The topological polar surface area (TPSA) is 64.9 Å². The highest BCUT2D eigenvalue weighted by Gasteiger charge is 2.11. The van der Waals surface area contributed by atoms with E-state index < -0.39 is 0 Å². The maximum absolute atomic E-state index is 12.7. The lowest BCUT2D eigenvalue weighted by molar-refractivity contribution is 0.419. The van der Waals surface area contributed by atoms with Gasteiger partial charge in [-0.1, -0.05) is 12.1 Å². The van der Waals surface area contributed by atoms with E-state index in [0.717, 1.165) is 6.42 Å². The summed E-state index contributed by atoms with van der Waals surface area (Å²) in [6.07, 6.45) is 1.45. The third kappa shape index (κ3) is 2.88. The molecule has 0 saturated carbocycles. The molecule has 2 rings (SSSR count). The summed E-state index contributed by atoms with van der Waals surface area (Å²) in [4.78, 5) is 4.22. The molecule has 1 atom stereocenters. The van der Waals surface area contributed by atoms with E-state index in [9.17, 15) is 4.39 Å². The highest BCUT2D eigenvalue weighted by atomic mass is 19.1. The molecule has 1 aromatic heterocycles. The molecule has 0 aliphatic carbocycles. The van der Waals surface area contributed by atoms with Crippen molar-refractivity contribution in [1.82, 2.24) is 10.1 Å². The monoisotopic (exact) mass is 235 g/mol. The summed E-state index contributed by atoms with van der Waals surface area (Å²) in [5, 5.41) is 3.84. The van der Waals surface area contributed by atoms with E-state index in [1.807, 2.05) is 6.92 Å². The van der Waals surface area contributed by atoms with Crippen molar-refractivity contribution < 1.29 is 8.91 Å². The standard InChI is InChI=1S/C12H14FN3O/c1-2-10(14)7-11-15-12(17-16-11)8-3-5-9(13)6-4-8/h3-6,10H,2,7,14H2,1H3/t10-/m0/s1. The summed E-state index contributed by atoms with van der Waals surface area (Å²) in [5.41, 5.74) is 6.51. The Balaban J connectivity index is 2.15. The van der Waals surface area contributed by atoms with Crippen LogP contribution >= 0.6 is 0 Å². The predicted molar refractivity (Wildman–Crippen MR) is 61.7 cm³/mol. The van der Waals surface area contributed by atoms with Crippen molar-refractivity contribution in [1.29, 1.82) is 0 Å². The molecular weight excluding hydrogens is 221 g/mol. The molecule has 0 radical (unpaired) electrons. The van der Waals surface area contributed by atoms with E-state index in [1.165, 1.54) is 12.1 Å². The van der Waals surface area contributed by atoms with Crippen LogP contribution in [-0.4, -0.2) is 16.2 Å². The first kappa shape index (κ1) is 11.7. The van der Waals surface area contributed by atoms with E-state index >= 15 is 0 Å². The average molecular weight is 235 g/mol. The summed E-state index contributed by atoms with van der Waals surface area (Å²) < 4.78 is 17.8. The minimum absolute atomic E-state index is 0.0358. The van der Waals surface area contributed by atoms with Crippen LogP contribution in [0.2, 0.25) is 0 Å². The summed E-state index contributed by atoms with van der Waals surface area (Å²) in [7, 11) is 0. The van der Waals surface area contributed by atoms with Gasteiger partial charge in [0.1, 0.15) is 5.82 Å². The van der Waals surface area contributed by atoms with Crippen molar-refractivity contribution in [3.63, 3.8) is 0 Å². The van der Waals surface area contributed by atoms with Gasteiger partial charge in [-0.3, -0.25) is 0 Å². The molecule has 5 heteroatoms. The molecule has 0 unspecified atom stereocenters. The van der Waals surface area contributed by atoms with Gasteiger partial charge in [0.05, 0.1) is 0 Å². The molecule has 0 fully saturated rings. The maximum Gasteiger partial charge on any atom is 0.257 e. The molecule has 4 nitrogen and oxygen atoms in total. The van der Waals surface area contributed by atoms with E-state index in [1.54, 1.807) is 12.1 Å². The average Bonchev–Trinajstić information content (AvgIpc) is 2.78. The molecule has 0 amide bonds. The highest BCUT2D eigenvalue weighted by Crippen LogP contribution is 2.17. The molecule has 0 spiro atoms. The first-order valence-electron chi connectivity index (χ1n) is 5.53. The lowest BCUT2D eigenvalue weighted by Gasteiger charge is -2.02. The molecule has 2 N–H and O–H groups in total. The summed E-state index contributed by atoms with van der Waals surface area (Å²) in [6.45, 7) is 2.01.